The topological polar surface area (TPSA) is 63.0 Å². The van der Waals surface area contributed by atoms with Gasteiger partial charge in [-0.15, -0.1) is 0 Å². The number of halogens is 3. The van der Waals surface area contributed by atoms with Crippen LogP contribution in [0.2, 0.25) is 0 Å². The number of aromatic nitrogens is 4. The second kappa shape index (κ2) is 4.11. The molecule has 18 heavy (non-hydrogen) atoms. The van der Waals surface area contributed by atoms with Crippen molar-refractivity contribution in [1.82, 2.24) is 19.6 Å². The molecule has 0 aliphatic heterocycles. The van der Waals surface area contributed by atoms with Gasteiger partial charge in [0.25, 0.3) is 11.3 Å². The third-order valence-electron chi connectivity index (χ3n) is 2.36. The quantitative estimate of drug-likeness (QED) is 0.892. The van der Waals surface area contributed by atoms with Crippen LogP contribution in [0.3, 0.4) is 0 Å². The Bertz CT molecular complexity index is 626. The molecule has 0 atom stereocenters. The van der Waals surface area contributed by atoms with E-state index in [0.29, 0.717) is 5.69 Å². The molecule has 0 aromatic carbocycles. The number of nitrogens with one attached hydrogen (secondary N) is 1. The summed E-state index contributed by atoms with van der Waals surface area (Å²) in [6, 6.07) is 1.28. The molecule has 0 radical (unpaired) electrons. The molecule has 0 saturated heterocycles. The Morgan fingerprint density at radius 2 is 2.06 bits per heavy atom. The van der Waals surface area contributed by atoms with E-state index in [-0.39, 0.29) is 17.5 Å². The Morgan fingerprint density at radius 1 is 1.39 bits per heavy atom. The molecule has 5 nitrogen and oxygen atoms in total. The molecule has 0 bridgehead atoms. The van der Waals surface area contributed by atoms with E-state index in [1.165, 1.54) is 6.07 Å². The fraction of sp³-hybridized carbons (Fsp3) is 0.500. The normalized spacial score (nSPS) is 12.6. The summed E-state index contributed by atoms with van der Waals surface area (Å²) in [6.07, 6.45) is -5.59. The molecule has 2 aromatic rings. The second-order valence-electron chi connectivity index (χ2n) is 4.27. The van der Waals surface area contributed by atoms with Gasteiger partial charge in [-0.3, -0.25) is 9.89 Å². The molecule has 0 aliphatic rings. The number of nitrogens with zero attached hydrogens (tertiary/aromatic N) is 3. The molecular formula is C10H11F3N4O. The smallest absolute Gasteiger partial charge is 0.275 e. The van der Waals surface area contributed by atoms with Crippen molar-refractivity contribution in [2.75, 3.05) is 0 Å². The highest BCUT2D eigenvalue weighted by atomic mass is 19.4. The first-order valence-corrected chi connectivity index (χ1v) is 5.31. The molecule has 8 heteroatoms. The zero-order valence-corrected chi connectivity index (χ0v) is 9.75. The second-order valence-corrected chi connectivity index (χ2v) is 4.27. The number of alkyl halides is 3. The number of aromatic amines is 1. The summed E-state index contributed by atoms with van der Waals surface area (Å²) in [5.41, 5.74) is 0.0367. The van der Waals surface area contributed by atoms with E-state index in [4.69, 9.17) is 0 Å². The molecule has 0 amide bonds. The number of H-pyrrole nitrogens is 1. The van der Waals surface area contributed by atoms with Gasteiger partial charge in [0.2, 0.25) is 0 Å². The van der Waals surface area contributed by atoms with Gasteiger partial charge < -0.3 is 0 Å². The Hall–Kier alpha value is -1.86. The van der Waals surface area contributed by atoms with Crippen LogP contribution in [0, 0.1) is 0 Å². The first-order valence-electron chi connectivity index (χ1n) is 5.31. The lowest BCUT2D eigenvalue weighted by atomic mass is 10.1. The highest BCUT2D eigenvalue weighted by Gasteiger charge is 2.29. The summed E-state index contributed by atoms with van der Waals surface area (Å²) >= 11 is 0. The number of hydrogen-bond donors (Lipinski definition) is 1. The van der Waals surface area contributed by atoms with Gasteiger partial charge in [-0.25, -0.2) is 4.98 Å². The molecule has 2 aromatic heterocycles. The zero-order chi connectivity index (χ0) is 13.5. The number of fused-ring (bicyclic) bond motifs is 1. The molecule has 0 aliphatic carbocycles. The lowest BCUT2D eigenvalue weighted by molar-refractivity contribution is -0.128. The SMILES string of the molecule is CC(C)c1cc(=O)n2[nH]c(CC(F)(F)F)nc2n1. The van der Waals surface area contributed by atoms with Crippen molar-refractivity contribution in [1.29, 1.82) is 0 Å². The number of hydrogen-bond acceptors (Lipinski definition) is 3. The zero-order valence-electron chi connectivity index (χ0n) is 9.75. The van der Waals surface area contributed by atoms with E-state index in [1.807, 2.05) is 13.8 Å². The minimum Gasteiger partial charge on any atom is -0.275 e. The fourth-order valence-electron chi connectivity index (χ4n) is 1.51. The standard InChI is InChI=1S/C10H11F3N4O/c1-5(2)6-3-8(18)17-9(14-6)15-7(16-17)4-10(11,12)13/h3,5H,4H2,1-2H3,(H,14,15,16). The van der Waals surface area contributed by atoms with Crippen molar-refractivity contribution >= 4 is 5.78 Å². The first-order chi connectivity index (χ1) is 8.26. The number of rotatable bonds is 2. The van der Waals surface area contributed by atoms with Crippen LogP contribution in [0.4, 0.5) is 13.2 Å². The van der Waals surface area contributed by atoms with Crippen molar-refractivity contribution in [3.63, 3.8) is 0 Å². The van der Waals surface area contributed by atoms with E-state index in [1.54, 1.807) is 0 Å². The molecule has 2 heterocycles. The molecule has 1 N–H and O–H groups in total. The van der Waals surface area contributed by atoms with Crippen LogP contribution in [0.5, 0.6) is 0 Å². The summed E-state index contributed by atoms with van der Waals surface area (Å²) in [4.78, 5) is 19.4. The average molecular weight is 260 g/mol. The molecule has 0 saturated carbocycles. The van der Waals surface area contributed by atoms with Gasteiger partial charge in [0, 0.05) is 6.07 Å². The fourth-order valence-corrected chi connectivity index (χ4v) is 1.51. The van der Waals surface area contributed by atoms with Gasteiger partial charge in [-0.2, -0.15) is 22.7 Å². The van der Waals surface area contributed by atoms with Gasteiger partial charge in [0.1, 0.15) is 12.2 Å². The van der Waals surface area contributed by atoms with E-state index in [2.05, 4.69) is 15.1 Å². The van der Waals surface area contributed by atoms with E-state index in [0.717, 1.165) is 4.52 Å². The largest absolute Gasteiger partial charge is 0.396 e. The first kappa shape index (κ1) is 12.6. The highest BCUT2D eigenvalue weighted by Crippen LogP contribution is 2.19. The van der Waals surface area contributed by atoms with Crippen molar-refractivity contribution in [2.24, 2.45) is 0 Å². The van der Waals surface area contributed by atoms with Crippen LogP contribution in [0.25, 0.3) is 5.78 Å². The van der Waals surface area contributed by atoms with Crippen LogP contribution >= 0.6 is 0 Å². The summed E-state index contributed by atoms with van der Waals surface area (Å²) in [6.45, 7) is 3.67. The Morgan fingerprint density at radius 3 is 2.61 bits per heavy atom. The maximum atomic E-state index is 12.2. The monoisotopic (exact) mass is 260 g/mol. The summed E-state index contributed by atoms with van der Waals surface area (Å²) in [7, 11) is 0. The lowest BCUT2D eigenvalue weighted by Gasteiger charge is -2.01. The van der Waals surface area contributed by atoms with Gasteiger partial charge >= 0.3 is 6.18 Å². The third kappa shape index (κ3) is 2.52. The maximum Gasteiger partial charge on any atom is 0.396 e. The van der Waals surface area contributed by atoms with Crippen molar-refractivity contribution in [2.45, 2.75) is 32.4 Å². The van der Waals surface area contributed by atoms with Crippen LogP contribution in [0.15, 0.2) is 10.9 Å². The maximum absolute atomic E-state index is 12.2. The molecular weight excluding hydrogens is 249 g/mol. The van der Waals surface area contributed by atoms with Gasteiger partial charge in [-0.1, -0.05) is 13.8 Å². The third-order valence-corrected chi connectivity index (χ3v) is 2.36. The van der Waals surface area contributed by atoms with Gasteiger partial charge in [-0.05, 0) is 5.92 Å². The minimum atomic E-state index is -4.38. The van der Waals surface area contributed by atoms with Crippen LogP contribution in [0.1, 0.15) is 31.3 Å². The average Bonchev–Trinajstić information content (AvgIpc) is 2.57. The van der Waals surface area contributed by atoms with Gasteiger partial charge in [0.05, 0.1) is 5.69 Å². The minimum absolute atomic E-state index is 0.00506. The van der Waals surface area contributed by atoms with Crippen molar-refractivity contribution < 1.29 is 13.2 Å². The molecule has 0 unspecified atom stereocenters. The lowest BCUT2D eigenvalue weighted by Crippen LogP contribution is -2.17. The Balaban J connectivity index is 2.51. The van der Waals surface area contributed by atoms with Crippen LogP contribution in [-0.4, -0.2) is 25.8 Å². The Labute approximate surface area is 99.7 Å². The molecule has 0 spiro atoms. The highest BCUT2D eigenvalue weighted by molar-refractivity contribution is 5.29. The van der Waals surface area contributed by atoms with E-state index >= 15 is 0 Å². The summed E-state index contributed by atoms with van der Waals surface area (Å²) in [5, 5.41) is 2.30. The van der Waals surface area contributed by atoms with Gasteiger partial charge in [0.15, 0.2) is 0 Å². The molecule has 2 rings (SSSR count). The van der Waals surface area contributed by atoms with Crippen molar-refractivity contribution in [3.8, 4) is 0 Å². The molecule has 98 valence electrons. The van der Waals surface area contributed by atoms with Crippen LogP contribution in [-0.2, 0) is 6.42 Å². The van der Waals surface area contributed by atoms with E-state index < -0.39 is 18.2 Å². The van der Waals surface area contributed by atoms with Crippen LogP contribution < -0.4 is 5.56 Å². The predicted molar refractivity (Wildman–Crippen MR) is 57.5 cm³/mol. The summed E-state index contributed by atoms with van der Waals surface area (Å²) < 4.78 is 37.5. The van der Waals surface area contributed by atoms with E-state index in [9.17, 15) is 18.0 Å². The van der Waals surface area contributed by atoms with Crippen molar-refractivity contribution in [3.05, 3.63) is 27.9 Å². The predicted octanol–water partition coefficient (Wildman–Crippen LogP) is 1.65. The molecule has 0 fully saturated rings. The summed E-state index contributed by atoms with van der Waals surface area (Å²) in [5.74, 6) is -0.357. The Kier molecular flexibility index (Phi) is 2.88.